The lowest BCUT2D eigenvalue weighted by molar-refractivity contribution is -0.134. The van der Waals surface area contributed by atoms with E-state index in [2.05, 4.69) is 15.3 Å². The number of nitrogens with zero attached hydrogens (tertiary/aromatic N) is 6. The second-order valence-electron chi connectivity index (χ2n) is 7.94. The quantitative estimate of drug-likeness (QED) is 0.621. The molecule has 1 amide bonds. The van der Waals surface area contributed by atoms with Gasteiger partial charge in [-0.15, -0.1) is 0 Å². The molecule has 0 spiro atoms. The third-order valence-corrected chi connectivity index (χ3v) is 5.56. The van der Waals surface area contributed by atoms with Crippen molar-refractivity contribution < 1.29 is 13.8 Å². The summed E-state index contributed by atoms with van der Waals surface area (Å²) in [6.07, 6.45) is 4.59. The first kappa shape index (κ1) is 20.9. The van der Waals surface area contributed by atoms with Gasteiger partial charge >= 0.3 is 0 Å². The van der Waals surface area contributed by atoms with Crippen molar-refractivity contribution in [3.05, 3.63) is 53.4 Å². The van der Waals surface area contributed by atoms with Crippen LogP contribution in [-0.4, -0.2) is 51.7 Å². The predicted octanol–water partition coefficient (Wildman–Crippen LogP) is 3.34. The maximum absolute atomic E-state index is 13.5. The van der Waals surface area contributed by atoms with E-state index in [0.717, 1.165) is 36.1 Å². The molecule has 9 heteroatoms. The SMILES string of the molecule is Cc1nonc1CC(=O)N1CCCC[C@@H]1c1nc(N(C)C)ncc1-c1ccc(F)cc1. The summed E-state index contributed by atoms with van der Waals surface area (Å²) >= 11 is 0. The highest BCUT2D eigenvalue weighted by Gasteiger charge is 2.32. The van der Waals surface area contributed by atoms with Gasteiger partial charge in [-0.25, -0.2) is 19.0 Å². The summed E-state index contributed by atoms with van der Waals surface area (Å²) < 4.78 is 18.2. The fourth-order valence-electron chi connectivity index (χ4n) is 3.88. The minimum Gasteiger partial charge on any atom is -0.347 e. The molecule has 31 heavy (non-hydrogen) atoms. The number of aryl methyl sites for hydroxylation is 1. The molecular formula is C22H25FN6O2. The lowest BCUT2D eigenvalue weighted by Gasteiger charge is -2.36. The molecule has 0 radical (unpaired) electrons. The number of anilines is 1. The van der Waals surface area contributed by atoms with E-state index < -0.39 is 0 Å². The molecule has 0 bridgehead atoms. The van der Waals surface area contributed by atoms with Crippen LogP contribution in [-0.2, 0) is 11.2 Å². The zero-order valence-electron chi connectivity index (χ0n) is 17.9. The van der Waals surface area contributed by atoms with Gasteiger partial charge in [0.25, 0.3) is 0 Å². The van der Waals surface area contributed by atoms with Crippen molar-refractivity contribution in [3.8, 4) is 11.1 Å². The van der Waals surface area contributed by atoms with Crippen LogP contribution >= 0.6 is 0 Å². The second-order valence-corrected chi connectivity index (χ2v) is 7.94. The molecule has 0 N–H and O–H groups in total. The summed E-state index contributed by atoms with van der Waals surface area (Å²) in [5, 5.41) is 7.63. The fraction of sp³-hybridized carbons (Fsp3) is 0.409. The van der Waals surface area contributed by atoms with Crippen molar-refractivity contribution >= 4 is 11.9 Å². The molecule has 1 aliphatic rings. The summed E-state index contributed by atoms with van der Waals surface area (Å²) in [5.74, 6) is 0.219. The lowest BCUT2D eigenvalue weighted by Crippen LogP contribution is -2.40. The van der Waals surface area contributed by atoms with Crippen molar-refractivity contribution in [1.82, 2.24) is 25.2 Å². The highest BCUT2D eigenvalue weighted by molar-refractivity contribution is 5.79. The van der Waals surface area contributed by atoms with Crippen LogP contribution in [0.4, 0.5) is 10.3 Å². The number of carbonyl (C=O) groups excluding carboxylic acids is 1. The highest BCUT2D eigenvalue weighted by Crippen LogP contribution is 2.36. The summed E-state index contributed by atoms with van der Waals surface area (Å²) in [4.78, 5) is 26.2. The van der Waals surface area contributed by atoms with Crippen LogP contribution < -0.4 is 4.90 Å². The van der Waals surface area contributed by atoms with Crippen molar-refractivity contribution in [2.75, 3.05) is 25.5 Å². The Hall–Kier alpha value is -3.36. The molecule has 1 aliphatic heterocycles. The number of halogens is 1. The number of amides is 1. The Kier molecular flexibility index (Phi) is 5.92. The van der Waals surface area contributed by atoms with Crippen LogP contribution in [0, 0.1) is 12.7 Å². The van der Waals surface area contributed by atoms with Crippen LogP contribution in [0.2, 0.25) is 0 Å². The van der Waals surface area contributed by atoms with E-state index >= 15 is 0 Å². The molecule has 1 atom stereocenters. The number of rotatable bonds is 5. The van der Waals surface area contributed by atoms with Crippen molar-refractivity contribution in [3.63, 3.8) is 0 Å². The maximum Gasteiger partial charge on any atom is 0.229 e. The van der Waals surface area contributed by atoms with Crippen molar-refractivity contribution in [2.24, 2.45) is 0 Å². The molecular weight excluding hydrogens is 399 g/mol. The highest BCUT2D eigenvalue weighted by atomic mass is 19.1. The molecule has 2 aromatic heterocycles. The van der Waals surface area contributed by atoms with E-state index in [1.54, 1.807) is 25.3 Å². The molecule has 3 heterocycles. The number of aromatic nitrogens is 4. The van der Waals surface area contributed by atoms with Crippen molar-refractivity contribution in [2.45, 2.75) is 38.6 Å². The largest absolute Gasteiger partial charge is 0.347 e. The molecule has 1 aromatic carbocycles. The van der Waals surface area contributed by atoms with Gasteiger partial charge in [0.2, 0.25) is 11.9 Å². The molecule has 8 nitrogen and oxygen atoms in total. The van der Waals surface area contributed by atoms with Crippen LogP contribution in [0.1, 0.15) is 42.4 Å². The standard InChI is InChI=1S/C22H25FN6O2/c1-14-18(27-31-26-14)12-20(30)29-11-5-4-6-19(29)21-17(13-24-22(25-21)28(2)3)15-7-9-16(23)10-8-15/h7-10,13,19H,4-6,11-12H2,1-3H3/t19-/m1/s1. The molecule has 0 saturated carbocycles. The lowest BCUT2D eigenvalue weighted by atomic mass is 9.93. The maximum atomic E-state index is 13.5. The third-order valence-electron chi connectivity index (χ3n) is 5.56. The van der Waals surface area contributed by atoms with Crippen molar-refractivity contribution in [1.29, 1.82) is 0 Å². The number of hydrogen-bond acceptors (Lipinski definition) is 7. The zero-order chi connectivity index (χ0) is 22.0. The Labute approximate surface area is 180 Å². The first-order valence-corrected chi connectivity index (χ1v) is 10.3. The Morgan fingerprint density at radius 2 is 2.00 bits per heavy atom. The van der Waals surface area contributed by atoms with Gasteiger partial charge in [0.1, 0.15) is 17.2 Å². The molecule has 1 fully saturated rings. The van der Waals surface area contributed by atoms with Gasteiger partial charge in [-0.2, -0.15) is 0 Å². The van der Waals surface area contributed by atoms with Gasteiger partial charge in [-0.3, -0.25) is 4.79 Å². The number of benzene rings is 1. The zero-order valence-corrected chi connectivity index (χ0v) is 17.9. The number of piperidine rings is 1. The first-order valence-electron chi connectivity index (χ1n) is 10.3. The number of carbonyl (C=O) groups is 1. The molecule has 162 valence electrons. The normalized spacial score (nSPS) is 16.4. The van der Waals surface area contributed by atoms with Crippen LogP contribution in [0.5, 0.6) is 0 Å². The van der Waals surface area contributed by atoms with E-state index in [1.165, 1.54) is 12.1 Å². The Morgan fingerprint density at radius 1 is 1.23 bits per heavy atom. The predicted molar refractivity (Wildman–Crippen MR) is 113 cm³/mol. The Morgan fingerprint density at radius 3 is 2.68 bits per heavy atom. The molecule has 4 rings (SSSR count). The van der Waals surface area contributed by atoms with Gasteiger partial charge in [-0.1, -0.05) is 22.4 Å². The molecule has 0 unspecified atom stereocenters. The minimum atomic E-state index is -0.304. The fourth-order valence-corrected chi connectivity index (χ4v) is 3.88. The second kappa shape index (κ2) is 8.79. The van der Waals surface area contributed by atoms with Crippen LogP contribution in [0.15, 0.2) is 35.1 Å². The molecule has 1 saturated heterocycles. The third kappa shape index (κ3) is 4.40. The summed E-state index contributed by atoms with van der Waals surface area (Å²) in [7, 11) is 3.75. The van der Waals surface area contributed by atoms with E-state index in [-0.39, 0.29) is 24.2 Å². The Bertz CT molecular complexity index is 1070. The average Bonchev–Trinajstić information content (AvgIpc) is 3.18. The summed E-state index contributed by atoms with van der Waals surface area (Å²) in [5.41, 5.74) is 3.55. The first-order chi connectivity index (χ1) is 14.9. The van der Waals surface area contributed by atoms with Gasteiger partial charge < -0.3 is 9.80 Å². The Balaban J connectivity index is 1.73. The summed E-state index contributed by atoms with van der Waals surface area (Å²) in [6, 6.07) is 6.06. The topological polar surface area (TPSA) is 88.2 Å². The van der Waals surface area contributed by atoms with E-state index in [0.29, 0.717) is 23.9 Å². The average molecular weight is 424 g/mol. The van der Waals surface area contributed by atoms with Crippen LogP contribution in [0.25, 0.3) is 11.1 Å². The summed E-state index contributed by atoms with van der Waals surface area (Å²) in [6.45, 7) is 2.41. The smallest absolute Gasteiger partial charge is 0.229 e. The molecule has 0 aliphatic carbocycles. The van der Waals surface area contributed by atoms with E-state index in [4.69, 9.17) is 9.61 Å². The van der Waals surface area contributed by atoms with E-state index in [1.807, 2.05) is 23.9 Å². The van der Waals surface area contributed by atoms with E-state index in [9.17, 15) is 9.18 Å². The van der Waals surface area contributed by atoms with Crippen LogP contribution in [0.3, 0.4) is 0 Å². The van der Waals surface area contributed by atoms with Gasteiger partial charge in [0.05, 0.1) is 18.2 Å². The van der Waals surface area contributed by atoms with Gasteiger partial charge in [0.15, 0.2) is 0 Å². The monoisotopic (exact) mass is 424 g/mol. The number of likely N-dealkylation sites (tertiary alicyclic amines) is 1. The van der Waals surface area contributed by atoms with Gasteiger partial charge in [-0.05, 0) is 43.9 Å². The minimum absolute atomic E-state index is 0.0430. The van der Waals surface area contributed by atoms with Gasteiger partial charge in [0, 0.05) is 32.4 Å². The number of hydrogen-bond donors (Lipinski definition) is 0. The molecule has 3 aromatic rings.